The zero-order chi connectivity index (χ0) is 21.3. The minimum absolute atomic E-state index is 0.125. The molecule has 158 valence electrons. The minimum atomic E-state index is -3.82. The first-order chi connectivity index (χ1) is 14.3. The van der Waals surface area contributed by atoms with Crippen LogP contribution >= 0.6 is 34.3 Å². The van der Waals surface area contributed by atoms with E-state index >= 15 is 0 Å². The van der Waals surface area contributed by atoms with Crippen LogP contribution in [0.5, 0.6) is 0 Å². The molecule has 0 radical (unpaired) electrons. The number of thiazole rings is 1. The van der Waals surface area contributed by atoms with Gasteiger partial charge in [-0.3, -0.25) is 4.79 Å². The smallest absolute Gasteiger partial charge is 0.253 e. The summed E-state index contributed by atoms with van der Waals surface area (Å²) in [6.45, 7) is 0.272. The molecule has 1 fully saturated rings. The summed E-state index contributed by atoms with van der Waals surface area (Å²) in [5.74, 6) is -0.755. The molecule has 0 spiro atoms. The van der Waals surface area contributed by atoms with Crippen molar-refractivity contribution in [3.8, 4) is 11.3 Å². The first-order valence-corrected chi connectivity index (χ1v) is 12.7. The number of carbonyl (C=O) groups is 1. The van der Waals surface area contributed by atoms with Gasteiger partial charge < -0.3 is 5.32 Å². The van der Waals surface area contributed by atoms with Crippen molar-refractivity contribution in [1.82, 2.24) is 9.29 Å². The zero-order valence-corrected chi connectivity index (χ0v) is 18.8. The fraction of sp³-hybridized carbons (Fsp3) is 0.263. The summed E-state index contributed by atoms with van der Waals surface area (Å²) >= 11 is 8.11. The number of nitrogens with one attached hydrogen (secondary N) is 1. The number of aromatic nitrogens is 1. The zero-order valence-electron chi connectivity index (χ0n) is 15.5. The van der Waals surface area contributed by atoms with Crippen LogP contribution in [0.15, 0.2) is 46.0 Å². The lowest BCUT2D eigenvalue weighted by Gasteiger charge is -2.32. The lowest BCUT2D eigenvalue weighted by molar-refractivity contribution is -0.120. The summed E-state index contributed by atoms with van der Waals surface area (Å²) in [5.41, 5.74) is 1.33. The number of piperidine rings is 1. The van der Waals surface area contributed by atoms with Crippen molar-refractivity contribution < 1.29 is 17.6 Å². The van der Waals surface area contributed by atoms with E-state index in [2.05, 4.69) is 10.3 Å². The van der Waals surface area contributed by atoms with Gasteiger partial charge in [0.05, 0.1) is 10.0 Å². The van der Waals surface area contributed by atoms with E-state index in [0.717, 1.165) is 23.3 Å². The van der Waals surface area contributed by atoms with Gasteiger partial charge in [0.1, 0.15) is 16.1 Å². The topological polar surface area (TPSA) is 79.4 Å². The number of anilines is 1. The molecule has 0 saturated carbocycles. The van der Waals surface area contributed by atoms with Gasteiger partial charge in [-0.05, 0) is 49.2 Å². The van der Waals surface area contributed by atoms with Gasteiger partial charge in [-0.1, -0.05) is 18.0 Å². The number of carbonyl (C=O) groups excluding carboxylic acids is 1. The number of benzene rings is 1. The molecule has 0 bridgehead atoms. The number of sulfonamides is 1. The van der Waals surface area contributed by atoms with Crippen LogP contribution in [0.2, 0.25) is 4.34 Å². The molecule has 1 amide bonds. The predicted molar refractivity (Wildman–Crippen MR) is 117 cm³/mol. The van der Waals surface area contributed by atoms with E-state index in [0.29, 0.717) is 28.0 Å². The van der Waals surface area contributed by atoms with Crippen LogP contribution in [-0.4, -0.2) is 36.2 Å². The maximum Gasteiger partial charge on any atom is 0.253 e. The Morgan fingerprint density at radius 1 is 1.20 bits per heavy atom. The number of rotatable bonds is 5. The lowest BCUT2D eigenvalue weighted by atomic mass is 10.0. The summed E-state index contributed by atoms with van der Waals surface area (Å²) in [7, 11) is -3.82. The fourth-order valence-corrected chi connectivity index (χ4v) is 7.27. The average Bonchev–Trinajstić information content (AvgIpc) is 3.38. The Bertz CT molecular complexity index is 1160. The highest BCUT2D eigenvalue weighted by Gasteiger charge is 2.38. The molecule has 1 saturated heterocycles. The van der Waals surface area contributed by atoms with Crippen LogP contribution in [0.4, 0.5) is 9.52 Å². The van der Waals surface area contributed by atoms with Crippen molar-refractivity contribution in [3.63, 3.8) is 0 Å². The van der Waals surface area contributed by atoms with Gasteiger partial charge in [0.25, 0.3) is 10.0 Å². The second-order valence-electron chi connectivity index (χ2n) is 6.72. The molecule has 3 heterocycles. The number of halogens is 2. The highest BCUT2D eigenvalue weighted by Crippen LogP contribution is 2.32. The molecule has 3 aromatic rings. The molecule has 1 N–H and O–H groups in total. The van der Waals surface area contributed by atoms with E-state index in [9.17, 15) is 17.6 Å². The summed E-state index contributed by atoms with van der Waals surface area (Å²) in [4.78, 5) is 17.3. The molecule has 30 heavy (non-hydrogen) atoms. The maximum absolute atomic E-state index is 13.1. The van der Waals surface area contributed by atoms with Gasteiger partial charge in [-0.2, -0.15) is 4.31 Å². The van der Waals surface area contributed by atoms with Crippen molar-refractivity contribution in [2.75, 3.05) is 11.9 Å². The van der Waals surface area contributed by atoms with Gasteiger partial charge >= 0.3 is 0 Å². The third-order valence-electron chi connectivity index (χ3n) is 4.74. The van der Waals surface area contributed by atoms with Gasteiger partial charge in [-0.25, -0.2) is 17.8 Å². The normalized spacial score (nSPS) is 17.7. The van der Waals surface area contributed by atoms with Gasteiger partial charge in [-0.15, -0.1) is 22.7 Å². The van der Waals surface area contributed by atoms with Crippen LogP contribution in [0.25, 0.3) is 11.3 Å². The third-order valence-corrected chi connectivity index (χ3v) is 9.11. The molecule has 6 nitrogen and oxygen atoms in total. The Balaban J connectivity index is 1.52. The van der Waals surface area contributed by atoms with Crippen LogP contribution in [-0.2, 0) is 14.8 Å². The molecular weight excluding hydrogens is 469 g/mol. The summed E-state index contributed by atoms with van der Waals surface area (Å²) < 4.78 is 40.9. The first kappa shape index (κ1) is 21.4. The number of nitrogens with zero attached hydrogens (tertiary/aromatic N) is 2. The molecule has 1 unspecified atom stereocenters. The Kier molecular flexibility index (Phi) is 6.21. The first-order valence-electron chi connectivity index (χ1n) is 9.14. The van der Waals surface area contributed by atoms with Crippen molar-refractivity contribution in [3.05, 3.63) is 51.9 Å². The quantitative estimate of drug-likeness (QED) is 0.560. The lowest BCUT2D eigenvalue weighted by Crippen LogP contribution is -2.49. The number of amides is 1. The minimum Gasteiger partial charge on any atom is -0.301 e. The van der Waals surface area contributed by atoms with Crippen molar-refractivity contribution in [2.24, 2.45) is 0 Å². The third kappa shape index (κ3) is 4.42. The van der Waals surface area contributed by atoms with Crippen LogP contribution < -0.4 is 5.32 Å². The highest BCUT2D eigenvalue weighted by molar-refractivity contribution is 7.91. The molecule has 1 aliphatic heterocycles. The Hall–Kier alpha value is -1.85. The molecule has 0 aliphatic carbocycles. The molecule has 1 atom stereocenters. The Morgan fingerprint density at radius 3 is 2.67 bits per heavy atom. The van der Waals surface area contributed by atoms with Crippen LogP contribution in [0.1, 0.15) is 19.3 Å². The van der Waals surface area contributed by atoms with Gasteiger partial charge in [0.15, 0.2) is 5.13 Å². The number of hydrogen-bond acceptors (Lipinski definition) is 6. The molecule has 4 rings (SSSR count). The van der Waals surface area contributed by atoms with E-state index in [1.807, 2.05) is 0 Å². The number of thiophene rings is 1. The average molecular weight is 486 g/mol. The van der Waals surface area contributed by atoms with E-state index in [4.69, 9.17) is 11.6 Å². The van der Waals surface area contributed by atoms with Gasteiger partial charge in [0.2, 0.25) is 5.91 Å². The van der Waals surface area contributed by atoms with E-state index in [-0.39, 0.29) is 16.6 Å². The van der Waals surface area contributed by atoms with Crippen LogP contribution in [0.3, 0.4) is 0 Å². The fourth-order valence-electron chi connectivity index (χ4n) is 3.28. The predicted octanol–water partition coefficient (Wildman–Crippen LogP) is 4.85. The molecular formula is C19H17ClFN3O3S3. The van der Waals surface area contributed by atoms with E-state index in [1.165, 1.54) is 39.9 Å². The molecule has 1 aliphatic rings. The summed E-state index contributed by atoms with van der Waals surface area (Å²) in [6.07, 6.45) is 1.88. The largest absolute Gasteiger partial charge is 0.301 e. The molecule has 2 aromatic heterocycles. The van der Waals surface area contributed by atoms with Crippen molar-refractivity contribution in [1.29, 1.82) is 0 Å². The Labute approximate surface area is 186 Å². The highest BCUT2D eigenvalue weighted by atomic mass is 35.5. The monoisotopic (exact) mass is 485 g/mol. The maximum atomic E-state index is 13.1. The van der Waals surface area contributed by atoms with Crippen LogP contribution in [0, 0.1) is 5.82 Å². The second-order valence-corrected chi connectivity index (χ2v) is 11.4. The van der Waals surface area contributed by atoms with E-state index in [1.54, 1.807) is 17.5 Å². The van der Waals surface area contributed by atoms with Crippen molar-refractivity contribution in [2.45, 2.75) is 29.5 Å². The molecule has 1 aromatic carbocycles. The standard InChI is InChI=1S/C19H17ClFN3O3S3/c20-16-8-9-17(29-16)30(26,27)24-10-2-1-3-15(24)18(25)23-19-22-14(11-28-19)12-4-6-13(21)7-5-12/h4-9,11,15H,1-3,10H2,(H,22,23,25). The van der Waals surface area contributed by atoms with E-state index < -0.39 is 22.0 Å². The number of hydrogen-bond donors (Lipinski definition) is 1. The molecule has 11 heteroatoms. The van der Waals surface area contributed by atoms with Gasteiger partial charge in [0, 0.05) is 17.5 Å². The van der Waals surface area contributed by atoms with Crippen molar-refractivity contribution >= 4 is 55.3 Å². The summed E-state index contributed by atoms with van der Waals surface area (Å²) in [6, 6.07) is 8.08. The second kappa shape index (κ2) is 8.72. The SMILES string of the molecule is O=C(Nc1nc(-c2ccc(F)cc2)cs1)C1CCCCN1S(=O)(=O)c1ccc(Cl)s1. The summed E-state index contributed by atoms with van der Waals surface area (Å²) in [5, 5.41) is 4.86. The Morgan fingerprint density at radius 2 is 1.97 bits per heavy atom.